The third-order valence-electron chi connectivity index (χ3n) is 4.02. The monoisotopic (exact) mass is 365 g/mol. The normalized spacial score (nSPS) is 11.0. The highest BCUT2D eigenvalue weighted by Crippen LogP contribution is 2.19. The number of hydrogen-bond donors (Lipinski definition) is 1. The van der Waals surface area contributed by atoms with E-state index in [0.29, 0.717) is 11.6 Å². The predicted molar refractivity (Wildman–Crippen MR) is 106 cm³/mol. The van der Waals surface area contributed by atoms with E-state index in [1.54, 1.807) is 16.8 Å². The van der Waals surface area contributed by atoms with Gasteiger partial charge in [-0.2, -0.15) is 5.10 Å². The van der Waals surface area contributed by atoms with Crippen molar-refractivity contribution in [3.8, 4) is 11.1 Å². The third-order valence-corrected chi connectivity index (χ3v) is 4.37. The van der Waals surface area contributed by atoms with E-state index >= 15 is 0 Å². The van der Waals surface area contributed by atoms with Crippen LogP contribution >= 0.6 is 11.6 Å². The van der Waals surface area contributed by atoms with E-state index in [-0.39, 0.29) is 5.91 Å². The van der Waals surface area contributed by atoms with Crippen LogP contribution in [-0.4, -0.2) is 22.2 Å². The fraction of sp³-hybridized carbons (Fsp3) is 0.143. The lowest BCUT2D eigenvalue weighted by molar-refractivity contribution is -0.116. The van der Waals surface area contributed by atoms with Gasteiger partial charge in [-0.1, -0.05) is 54.1 Å². The van der Waals surface area contributed by atoms with Gasteiger partial charge in [0.15, 0.2) is 0 Å². The van der Waals surface area contributed by atoms with Crippen molar-refractivity contribution < 1.29 is 4.79 Å². The molecule has 1 aromatic heterocycles. The fourth-order valence-electron chi connectivity index (χ4n) is 2.60. The number of benzene rings is 2. The van der Waals surface area contributed by atoms with Crippen LogP contribution in [0.5, 0.6) is 0 Å². The molecule has 1 heterocycles. The average molecular weight is 366 g/mol. The lowest BCUT2D eigenvalue weighted by atomic mass is 10.1. The first-order valence-electron chi connectivity index (χ1n) is 8.40. The summed E-state index contributed by atoms with van der Waals surface area (Å²) in [5, 5.41) is 7.70. The summed E-state index contributed by atoms with van der Waals surface area (Å²) in [6.07, 6.45) is 7.84. The van der Waals surface area contributed by atoms with Gasteiger partial charge in [-0.25, -0.2) is 0 Å². The van der Waals surface area contributed by atoms with Crippen LogP contribution in [0.2, 0.25) is 5.02 Å². The van der Waals surface area contributed by atoms with Crippen molar-refractivity contribution >= 4 is 23.6 Å². The van der Waals surface area contributed by atoms with E-state index in [9.17, 15) is 4.79 Å². The Kier molecular flexibility index (Phi) is 5.87. The zero-order valence-electron chi connectivity index (χ0n) is 14.5. The summed E-state index contributed by atoms with van der Waals surface area (Å²) < 4.78 is 1.79. The average Bonchev–Trinajstić information content (AvgIpc) is 3.08. The van der Waals surface area contributed by atoms with E-state index in [2.05, 4.69) is 34.7 Å². The molecule has 3 rings (SSSR count). The minimum Gasteiger partial charge on any atom is -0.352 e. The van der Waals surface area contributed by atoms with Gasteiger partial charge in [0.2, 0.25) is 5.91 Å². The van der Waals surface area contributed by atoms with Gasteiger partial charge in [-0.05, 0) is 35.3 Å². The number of aryl methyl sites for hydroxylation is 1. The minimum absolute atomic E-state index is 0.128. The maximum atomic E-state index is 11.9. The molecule has 0 saturated heterocycles. The Hall–Kier alpha value is -2.85. The summed E-state index contributed by atoms with van der Waals surface area (Å²) in [5.74, 6) is -0.128. The molecule has 1 amide bonds. The first-order valence-corrected chi connectivity index (χ1v) is 8.78. The van der Waals surface area contributed by atoms with Crippen LogP contribution in [0.25, 0.3) is 17.2 Å². The molecular formula is C21H20ClN3O. The van der Waals surface area contributed by atoms with E-state index < -0.39 is 0 Å². The van der Waals surface area contributed by atoms with Crippen molar-refractivity contribution in [3.63, 3.8) is 0 Å². The molecule has 0 aliphatic rings. The summed E-state index contributed by atoms with van der Waals surface area (Å²) >= 11 is 6.06. The Bertz CT molecular complexity index is 913. The molecule has 0 spiro atoms. The van der Waals surface area contributed by atoms with Crippen molar-refractivity contribution in [1.82, 2.24) is 15.1 Å². The number of carbonyl (C=O) groups is 1. The molecule has 0 bridgehead atoms. The SMILES string of the molecule is Cn1cc(-c2ccc(CCNC(=O)C=Cc3ccccc3Cl)cc2)cn1. The van der Waals surface area contributed by atoms with E-state index in [1.165, 1.54) is 11.6 Å². The second-order valence-electron chi connectivity index (χ2n) is 6.00. The molecule has 26 heavy (non-hydrogen) atoms. The van der Waals surface area contributed by atoms with Crippen LogP contribution in [-0.2, 0) is 18.3 Å². The highest BCUT2D eigenvalue weighted by atomic mass is 35.5. The van der Waals surface area contributed by atoms with Crippen LogP contribution in [0, 0.1) is 0 Å². The number of nitrogens with one attached hydrogen (secondary N) is 1. The number of rotatable bonds is 6. The van der Waals surface area contributed by atoms with E-state index in [1.807, 2.05) is 37.6 Å². The molecule has 0 saturated carbocycles. The van der Waals surface area contributed by atoms with Crippen molar-refractivity contribution in [1.29, 1.82) is 0 Å². The van der Waals surface area contributed by atoms with Crippen molar-refractivity contribution in [2.45, 2.75) is 6.42 Å². The highest BCUT2D eigenvalue weighted by molar-refractivity contribution is 6.32. The molecule has 1 N–H and O–H groups in total. The molecule has 132 valence electrons. The quantitative estimate of drug-likeness (QED) is 0.668. The Labute approximate surface area is 158 Å². The predicted octanol–water partition coefficient (Wildman–Crippen LogP) is 4.11. The lowest BCUT2D eigenvalue weighted by Crippen LogP contribution is -2.23. The lowest BCUT2D eigenvalue weighted by Gasteiger charge is -2.04. The molecule has 0 atom stereocenters. The van der Waals surface area contributed by atoms with Crippen LogP contribution in [0.3, 0.4) is 0 Å². The van der Waals surface area contributed by atoms with Gasteiger partial charge < -0.3 is 5.32 Å². The van der Waals surface area contributed by atoms with Crippen LogP contribution < -0.4 is 5.32 Å². The number of nitrogens with zero attached hydrogens (tertiary/aromatic N) is 2. The second kappa shape index (κ2) is 8.50. The zero-order chi connectivity index (χ0) is 18.4. The molecule has 0 radical (unpaired) electrons. The fourth-order valence-corrected chi connectivity index (χ4v) is 2.80. The number of amides is 1. The van der Waals surface area contributed by atoms with E-state index in [4.69, 9.17) is 11.6 Å². The van der Waals surface area contributed by atoms with Gasteiger partial charge >= 0.3 is 0 Å². The van der Waals surface area contributed by atoms with Gasteiger partial charge in [-0.15, -0.1) is 0 Å². The standard InChI is InChI=1S/C21H20ClN3O/c1-25-15-19(14-24-25)17-8-6-16(7-9-17)12-13-23-21(26)11-10-18-4-2-3-5-20(18)22/h2-11,14-15H,12-13H2,1H3,(H,23,26). The van der Waals surface area contributed by atoms with Crippen molar-refractivity contribution in [3.05, 3.63) is 83.2 Å². The number of aromatic nitrogens is 2. The Morgan fingerprint density at radius 3 is 2.62 bits per heavy atom. The molecule has 4 nitrogen and oxygen atoms in total. The van der Waals surface area contributed by atoms with Crippen LogP contribution in [0.15, 0.2) is 67.0 Å². The van der Waals surface area contributed by atoms with Gasteiger partial charge in [-0.3, -0.25) is 9.48 Å². The third kappa shape index (κ3) is 4.83. The number of carbonyl (C=O) groups excluding carboxylic acids is 1. The van der Waals surface area contributed by atoms with Crippen molar-refractivity contribution in [2.75, 3.05) is 6.54 Å². The molecule has 2 aromatic carbocycles. The van der Waals surface area contributed by atoms with Crippen molar-refractivity contribution in [2.24, 2.45) is 7.05 Å². The maximum absolute atomic E-state index is 11.9. The molecule has 0 aliphatic carbocycles. The zero-order valence-corrected chi connectivity index (χ0v) is 15.3. The smallest absolute Gasteiger partial charge is 0.244 e. The van der Waals surface area contributed by atoms with Crippen LogP contribution in [0.1, 0.15) is 11.1 Å². The van der Waals surface area contributed by atoms with Gasteiger partial charge in [0.05, 0.1) is 6.20 Å². The number of hydrogen-bond acceptors (Lipinski definition) is 2. The minimum atomic E-state index is -0.128. The largest absolute Gasteiger partial charge is 0.352 e. The summed E-state index contributed by atoms with van der Waals surface area (Å²) in [4.78, 5) is 11.9. The summed E-state index contributed by atoms with van der Waals surface area (Å²) in [5.41, 5.74) is 4.23. The summed E-state index contributed by atoms with van der Waals surface area (Å²) in [6, 6.07) is 15.7. The topological polar surface area (TPSA) is 46.9 Å². The molecule has 0 fully saturated rings. The molecular weight excluding hydrogens is 346 g/mol. The summed E-state index contributed by atoms with van der Waals surface area (Å²) in [6.45, 7) is 0.581. The Morgan fingerprint density at radius 2 is 1.92 bits per heavy atom. The Balaban J connectivity index is 1.48. The molecule has 3 aromatic rings. The molecule has 0 aliphatic heterocycles. The van der Waals surface area contributed by atoms with Crippen LogP contribution in [0.4, 0.5) is 0 Å². The van der Waals surface area contributed by atoms with Gasteiger partial charge in [0, 0.05) is 36.5 Å². The highest BCUT2D eigenvalue weighted by Gasteiger charge is 2.02. The molecule has 5 heteroatoms. The first-order chi connectivity index (χ1) is 12.6. The Morgan fingerprint density at radius 1 is 1.15 bits per heavy atom. The second-order valence-corrected chi connectivity index (χ2v) is 6.40. The van der Waals surface area contributed by atoms with E-state index in [0.717, 1.165) is 23.1 Å². The molecule has 0 unspecified atom stereocenters. The summed E-state index contributed by atoms with van der Waals surface area (Å²) in [7, 11) is 1.90. The van der Waals surface area contributed by atoms with Gasteiger partial charge in [0.25, 0.3) is 0 Å². The first kappa shape index (κ1) is 18.0. The van der Waals surface area contributed by atoms with Gasteiger partial charge in [0.1, 0.15) is 0 Å². The maximum Gasteiger partial charge on any atom is 0.244 e. The number of halogens is 1.